The molecule has 0 N–H and O–H groups in total. The lowest BCUT2D eigenvalue weighted by molar-refractivity contribution is 1.07. The minimum Gasteiger partial charge on any atom is -0.308 e. The highest BCUT2D eigenvalue weighted by atomic mass is 15.0. The van der Waals surface area contributed by atoms with Crippen molar-refractivity contribution in [1.29, 1.82) is 0 Å². The van der Waals surface area contributed by atoms with Gasteiger partial charge in [0.25, 0.3) is 0 Å². The fourth-order valence-corrected chi connectivity index (χ4v) is 17.3. The molecule has 0 fully saturated rings. The molecule has 0 bridgehead atoms. The van der Waals surface area contributed by atoms with Crippen molar-refractivity contribution < 1.29 is 0 Å². The predicted octanol–water partition coefficient (Wildman–Crippen LogP) is 27.8. The van der Waals surface area contributed by atoms with Gasteiger partial charge in [-0.2, -0.15) is 0 Å². The Morgan fingerprint density at radius 2 is 0.458 bits per heavy atom. The Bertz CT molecular complexity index is 7690. The number of pyridine rings is 2. The summed E-state index contributed by atoms with van der Waals surface area (Å²) in [6.07, 6.45) is 0. The molecule has 0 aliphatic rings. The van der Waals surface area contributed by atoms with Gasteiger partial charge in [-0.1, -0.05) is 346 Å². The van der Waals surface area contributed by atoms with E-state index in [1.807, 2.05) is 18.2 Å². The standard InChI is InChI=1S/C55H34N4.C54H35N5/c1-3-15-35(16-4-1)49-34-50(58-55(57-49)38-31-32-44-42-21-8-7-19-40(42)41-20-9-10-22-43(41)47(44)33-38)36-27-29-37(30-28-36)53-52-46-24-12-14-26-51(46)59(39-17-5-2-6-18-39)54(52)45-23-11-13-25-48(45)56-53;1-4-16-36(17-5-1)40-20-14-22-42(34-40)53-56-52(57-54(58-53)43-23-15-21-41(35-43)37-18-6-2-7-19-37)39-32-30-38(31-33-39)50-49-46-27-11-13-29-48(46)59(44-24-8-3-9-25-44)51(49)45-26-10-12-28-47(45)55-50/h1-34H;1-35H. The highest BCUT2D eigenvalue weighted by Crippen LogP contribution is 2.46. The zero-order valence-corrected chi connectivity index (χ0v) is 63.9. The van der Waals surface area contributed by atoms with Gasteiger partial charge in [-0.15, -0.1) is 0 Å². The molecule has 0 aliphatic carbocycles. The molecule has 118 heavy (non-hydrogen) atoms. The second-order valence-electron chi connectivity index (χ2n) is 29.8. The van der Waals surface area contributed by atoms with Crippen molar-refractivity contribution in [3.05, 3.63) is 419 Å². The van der Waals surface area contributed by atoms with Gasteiger partial charge >= 0.3 is 0 Å². The first-order valence-corrected chi connectivity index (χ1v) is 39.8. The Kier molecular flexibility index (Phi) is 17.0. The first kappa shape index (κ1) is 68.8. The van der Waals surface area contributed by atoms with Crippen molar-refractivity contribution in [1.82, 2.24) is 44.0 Å². The Morgan fingerprint density at radius 3 is 0.907 bits per heavy atom. The van der Waals surface area contributed by atoms with Gasteiger partial charge in [0.05, 0.1) is 55.9 Å². The minimum atomic E-state index is 0.601. The van der Waals surface area contributed by atoms with Crippen LogP contribution in [0, 0.1) is 0 Å². The van der Waals surface area contributed by atoms with Crippen molar-refractivity contribution >= 4 is 97.7 Å². The van der Waals surface area contributed by atoms with Crippen LogP contribution in [0.1, 0.15) is 0 Å². The monoisotopic (exact) mass is 1500 g/mol. The molecule has 0 spiro atoms. The van der Waals surface area contributed by atoms with E-state index in [1.165, 1.54) is 37.7 Å². The van der Waals surface area contributed by atoms with Crippen LogP contribution in [0.15, 0.2) is 419 Å². The van der Waals surface area contributed by atoms with Crippen LogP contribution >= 0.6 is 0 Å². The summed E-state index contributed by atoms with van der Waals surface area (Å²) in [5.41, 5.74) is 24.7. The maximum atomic E-state index is 5.37. The van der Waals surface area contributed by atoms with E-state index < -0.39 is 0 Å². The summed E-state index contributed by atoms with van der Waals surface area (Å²) in [4.78, 5) is 36.6. The average Bonchev–Trinajstić information content (AvgIpc) is 1.55. The molecule has 0 saturated carbocycles. The largest absolute Gasteiger partial charge is 0.308 e. The van der Waals surface area contributed by atoms with Gasteiger partial charge in [0.15, 0.2) is 23.3 Å². The number of benzene rings is 17. The number of hydrogen-bond donors (Lipinski definition) is 0. The van der Waals surface area contributed by atoms with Crippen molar-refractivity contribution in [3.8, 4) is 124 Å². The van der Waals surface area contributed by atoms with E-state index in [4.69, 9.17) is 34.9 Å². The lowest BCUT2D eigenvalue weighted by Gasteiger charge is -2.13. The van der Waals surface area contributed by atoms with Gasteiger partial charge in [-0.05, 0) is 127 Å². The molecular formula is C109H69N9. The number of aromatic nitrogens is 9. The molecule has 6 aromatic heterocycles. The van der Waals surface area contributed by atoms with Gasteiger partial charge in [-0.3, -0.25) is 0 Å². The van der Waals surface area contributed by atoms with Crippen LogP contribution in [0.3, 0.4) is 0 Å². The Labute approximate surface area is 680 Å². The third kappa shape index (κ3) is 12.2. The van der Waals surface area contributed by atoms with E-state index >= 15 is 0 Å². The van der Waals surface area contributed by atoms with Crippen LogP contribution in [0.5, 0.6) is 0 Å². The molecule has 23 rings (SSSR count). The zero-order chi connectivity index (χ0) is 78.0. The fraction of sp³-hybridized carbons (Fsp3) is 0. The number of fused-ring (bicyclic) bond motifs is 16. The molecule has 0 saturated heterocycles. The smallest absolute Gasteiger partial charge is 0.164 e. The third-order valence-corrected chi connectivity index (χ3v) is 22.8. The van der Waals surface area contributed by atoms with E-state index in [0.29, 0.717) is 23.3 Å². The molecule has 0 atom stereocenters. The molecule has 0 radical (unpaired) electrons. The summed E-state index contributed by atoms with van der Waals surface area (Å²) in [7, 11) is 0. The maximum Gasteiger partial charge on any atom is 0.164 e. The highest BCUT2D eigenvalue weighted by molar-refractivity contribution is 6.27. The summed E-state index contributed by atoms with van der Waals surface area (Å²) >= 11 is 0. The lowest BCUT2D eigenvalue weighted by atomic mass is 9.93. The van der Waals surface area contributed by atoms with E-state index in [0.717, 1.165) is 161 Å². The molecule has 0 aliphatic heterocycles. The summed E-state index contributed by atoms with van der Waals surface area (Å²) in [5.74, 6) is 2.52. The van der Waals surface area contributed by atoms with Gasteiger partial charge in [-0.25, -0.2) is 34.9 Å². The Hall–Kier alpha value is -16.0. The summed E-state index contributed by atoms with van der Waals surface area (Å²) in [6, 6.07) is 147. The molecule has 17 aromatic carbocycles. The fourth-order valence-electron chi connectivity index (χ4n) is 17.3. The SMILES string of the molecule is c1ccc(-c2cc(-c3ccc(-c4nc5ccccc5c5c4c4ccccc4n5-c4ccccc4)cc3)nc(-c3ccc4c5ccccc5c5ccccc5c4c3)n2)cc1.c1ccc(-c2cccc(-c3nc(-c4ccc(-c5nc6ccccc6c6c5c5ccccc5n6-c5ccccc5)cc4)nc(-c4cccc(-c5ccccc5)c4)n3)c2)cc1. The van der Waals surface area contributed by atoms with Gasteiger partial charge < -0.3 is 9.13 Å². The van der Waals surface area contributed by atoms with Crippen molar-refractivity contribution in [2.24, 2.45) is 0 Å². The van der Waals surface area contributed by atoms with E-state index in [1.54, 1.807) is 0 Å². The number of nitrogens with zero attached hydrogens (tertiary/aromatic N) is 9. The first-order chi connectivity index (χ1) is 58.5. The molecule has 550 valence electrons. The van der Waals surface area contributed by atoms with Gasteiger partial charge in [0.1, 0.15) is 0 Å². The van der Waals surface area contributed by atoms with Gasteiger partial charge in [0, 0.05) is 88.2 Å². The summed E-state index contributed by atoms with van der Waals surface area (Å²) in [5, 5.41) is 14.2. The topological polar surface area (TPSA) is 100 Å². The number of rotatable bonds is 12. The van der Waals surface area contributed by atoms with Gasteiger partial charge in [0.2, 0.25) is 0 Å². The molecule has 9 heteroatoms. The van der Waals surface area contributed by atoms with Crippen LogP contribution in [-0.2, 0) is 0 Å². The predicted molar refractivity (Wildman–Crippen MR) is 488 cm³/mol. The minimum absolute atomic E-state index is 0.601. The highest BCUT2D eigenvalue weighted by Gasteiger charge is 2.25. The molecule has 6 heterocycles. The Morgan fingerprint density at radius 1 is 0.161 bits per heavy atom. The molecule has 23 aromatic rings. The maximum absolute atomic E-state index is 5.37. The molecule has 0 unspecified atom stereocenters. The number of hydrogen-bond acceptors (Lipinski definition) is 7. The van der Waals surface area contributed by atoms with E-state index in [9.17, 15) is 0 Å². The van der Waals surface area contributed by atoms with Crippen molar-refractivity contribution in [2.45, 2.75) is 0 Å². The normalized spacial score (nSPS) is 11.6. The molecule has 9 nitrogen and oxygen atoms in total. The molecule has 0 amide bonds. The van der Waals surface area contributed by atoms with Crippen LogP contribution in [0.4, 0.5) is 0 Å². The van der Waals surface area contributed by atoms with Crippen LogP contribution in [0.25, 0.3) is 222 Å². The van der Waals surface area contributed by atoms with Crippen LogP contribution < -0.4 is 0 Å². The second kappa shape index (κ2) is 29.2. The average molecular weight is 1500 g/mol. The summed E-state index contributed by atoms with van der Waals surface area (Å²) in [6.45, 7) is 0. The quantitative estimate of drug-likeness (QED) is 0.112. The second-order valence-corrected chi connectivity index (χ2v) is 29.8. The zero-order valence-electron chi connectivity index (χ0n) is 63.9. The lowest BCUT2D eigenvalue weighted by Crippen LogP contribution is -2.00. The van der Waals surface area contributed by atoms with E-state index in [2.05, 4.69) is 410 Å². The van der Waals surface area contributed by atoms with Crippen LogP contribution in [-0.4, -0.2) is 44.0 Å². The van der Waals surface area contributed by atoms with E-state index in [-0.39, 0.29) is 0 Å². The van der Waals surface area contributed by atoms with Crippen LogP contribution in [0.2, 0.25) is 0 Å². The molecular weight excluding hydrogens is 1440 g/mol. The summed E-state index contributed by atoms with van der Waals surface area (Å²) < 4.78 is 4.76. The van der Waals surface area contributed by atoms with Crippen molar-refractivity contribution in [2.75, 3.05) is 0 Å². The third-order valence-electron chi connectivity index (χ3n) is 22.8. The van der Waals surface area contributed by atoms with Crippen molar-refractivity contribution in [3.63, 3.8) is 0 Å². The number of para-hydroxylation sites is 6. The first-order valence-electron chi connectivity index (χ1n) is 39.8. The Balaban J connectivity index is 0.000000142.